The number of hydrogen-bond acceptors (Lipinski definition) is 11. The smallest absolute Gasteiger partial charge is 0.255 e. The molecule has 0 aromatic heterocycles. The summed E-state index contributed by atoms with van der Waals surface area (Å²) < 4.78 is 0. The summed E-state index contributed by atoms with van der Waals surface area (Å²) >= 11 is 0. The Hall–Kier alpha value is -3.65. The number of nitrogens with one attached hydrogen (secondary N) is 2. The molecule has 2 rings (SSSR count). The lowest BCUT2D eigenvalue weighted by atomic mass is 9.76. The second-order valence-corrected chi connectivity index (χ2v) is 12.0. The number of rotatable bonds is 9. The summed E-state index contributed by atoms with van der Waals surface area (Å²) in [6, 6.07) is -1.14. The molecule has 0 aromatic carbocycles. The highest BCUT2D eigenvalue weighted by Gasteiger charge is 2.51. The van der Waals surface area contributed by atoms with E-state index < -0.39 is 64.6 Å². The van der Waals surface area contributed by atoms with Crippen molar-refractivity contribution in [2.45, 2.75) is 70.7 Å². The molecule has 13 nitrogen and oxygen atoms in total. The van der Waals surface area contributed by atoms with Gasteiger partial charge in [-0.2, -0.15) is 0 Å². The SMILES string of the molecule is CCC(/C(O)=C1\C(C)=C(N(C)C)C=C(NC(=O)CNC(C)(C)C)[C@H]1O)=C(/O)[C@]1(O)C[C@H](N(C)C)C(=O)C(C(N)=O)=C1O. The lowest BCUT2D eigenvalue weighted by molar-refractivity contribution is -0.128. The molecule has 0 aliphatic heterocycles. The first kappa shape index (κ1) is 34.6. The monoisotopic (exact) mass is 591 g/mol. The van der Waals surface area contributed by atoms with E-state index in [1.807, 2.05) is 20.8 Å². The number of aliphatic hydroxyl groups excluding tert-OH is 4. The highest BCUT2D eigenvalue weighted by Crippen LogP contribution is 2.41. The predicted molar refractivity (Wildman–Crippen MR) is 157 cm³/mol. The summed E-state index contributed by atoms with van der Waals surface area (Å²) in [5, 5.41) is 62.5. The topological polar surface area (TPSA) is 209 Å². The molecule has 234 valence electrons. The molecular weight excluding hydrogens is 546 g/mol. The van der Waals surface area contributed by atoms with Crippen LogP contribution in [0.5, 0.6) is 0 Å². The predicted octanol–water partition coefficient (Wildman–Crippen LogP) is 0.550. The minimum Gasteiger partial charge on any atom is -0.508 e. The van der Waals surface area contributed by atoms with E-state index in [4.69, 9.17) is 5.73 Å². The average molecular weight is 592 g/mol. The molecule has 0 aromatic rings. The Labute approximate surface area is 246 Å². The van der Waals surface area contributed by atoms with E-state index in [9.17, 15) is 39.9 Å². The van der Waals surface area contributed by atoms with Crippen LogP contribution in [0.3, 0.4) is 0 Å². The maximum Gasteiger partial charge on any atom is 0.255 e. The molecule has 13 heteroatoms. The van der Waals surface area contributed by atoms with Crippen LogP contribution in [0.25, 0.3) is 0 Å². The maximum atomic E-state index is 12.8. The zero-order valence-electron chi connectivity index (χ0n) is 25.8. The van der Waals surface area contributed by atoms with Crippen LogP contribution in [-0.2, 0) is 14.4 Å². The first-order valence-electron chi connectivity index (χ1n) is 13.5. The summed E-state index contributed by atoms with van der Waals surface area (Å²) in [6.45, 7) is 8.81. The highest BCUT2D eigenvalue weighted by atomic mass is 16.4. The zero-order valence-corrected chi connectivity index (χ0v) is 25.8. The Kier molecular flexibility index (Phi) is 10.4. The Morgan fingerprint density at radius 2 is 1.74 bits per heavy atom. The van der Waals surface area contributed by atoms with Crippen molar-refractivity contribution in [3.05, 3.63) is 57.0 Å². The molecule has 2 aliphatic rings. The minimum absolute atomic E-state index is 0.0495. The third-order valence-corrected chi connectivity index (χ3v) is 7.30. The van der Waals surface area contributed by atoms with Crippen LogP contribution < -0.4 is 16.4 Å². The summed E-state index contributed by atoms with van der Waals surface area (Å²) in [5.41, 5.74) is 2.14. The Bertz CT molecular complexity index is 1300. The molecule has 0 saturated carbocycles. The van der Waals surface area contributed by atoms with E-state index in [2.05, 4.69) is 10.6 Å². The number of nitrogens with two attached hydrogens (primary N) is 1. The van der Waals surface area contributed by atoms with Crippen molar-refractivity contribution in [2.75, 3.05) is 34.7 Å². The summed E-state index contributed by atoms with van der Waals surface area (Å²) in [5.74, 6) is -5.24. The standard InChI is InChI=1S/C29H45N5O8/c1-10-15(25(39)29(42)12-18(34(8)9)24(38)21(26(29)40)27(30)41)22(36)20-14(2)17(33(6)7)11-16(23(20)37)32-19(35)13-31-28(3,4)5/h11,18,23,31,36-37,39-40,42H,10,12-13H2,1-9H3,(H2,30,41)(H,32,35)/b22-20-,25-15-/t18-,23+,29+/m0/s1. The van der Waals surface area contributed by atoms with E-state index >= 15 is 0 Å². The molecule has 9 N–H and O–H groups in total. The molecule has 0 saturated heterocycles. The highest BCUT2D eigenvalue weighted by molar-refractivity contribution is 6.22. The first-order valence-corrected chi connectivity index (χ1v) is 13.5. The second kappa shape index (κ2) is 12.7. The summed E-state index contributed by atoms with van der Waals surface area (Å²) in [7, 11) is 6.49. The number of aliphatic hydroxyl groups is 5. The van der Waals surface area contributed by atoms with Gasteiger partial charge in [-0.1, -0.05) is 6.92 Å². The third kappa shape index (κ3) is 6.86. The normalized spacial score (nSPS) is 25.3. The first-order chi connectivity index (χ1) is 19.2. The molecule has 0 radical (unpaired) electrons. The van der Waals surface area contributed by atoms with E-state index in [-0.39, 0.29) is 35.3 Å². The third-order valence-electron chi connectivity index (χ3n) is 7.30. The van der Waals surface area contributed by atoms with Gasteiger partial charge in [0.1, 0.15) is 29.0 Å². The number of hydrogen-bond donors (Lipinski definition) is 8. The van der Waals surface area contributed by atoms with E-state index in [1.165, 1.54) is 19.0 Å². The molecule has 2 aliphatic carbocycles. The van der Waals surface area contributed by atoms with Crippen molar-refractivity contribution in [2.24, 2.45) is 5.73 Å². The average Bonchev–Trinajstić information content (AvgIpc) is 2.86. The summed E-state index contributed by atoms with van der Waals surface area (Å²) in [6.07, 6.45) is -0.649. The molecule has 0 heterocycles. The fourth-order valence-electron chi connectivity index (χ4n) is 4.94. The largest absolute Gasteiger partial charge is 0.508 e. The van der Waals surface area contributed by atoms with Crippen molar-refractivity contribution in [3.8, 4) is 0 Å². The molecule has 0 bridgehead atoms. The lowest BCUT2D eigenvalue weighted by Gasteiger charge is -2.38. The van der Waals surface area contributed by atoms with Crippen molar-refractivity contribution in [1.29, 1.82) is 0 Å². The molecule has 0 spiro atoms. The van der Waals surface area contributed by atoms with Gasteiger partial charge in [0.15, 0.2) is 11.4 Å². The number of ketones is 1. The summed E-state index contributed by atoms with van der Waals surface area (Å²) in [4.78, 5) is 40.7. The van der Waals surface area contributed by atoms with Gasteiger partial charge in [-0.05, 0) is 59.9 Å². The molecule has 0 fully saturated rings. The van der Waals surface area contributed by atoms with Gasteiger partial charge in [-0.15, -0.1) is 0 Å². The van der Waals surface area contributed by atoms with Crippen LogP contribution in [0, 0.1) is 0 Å². The van der Waals surface area contributed by atoms with E-state index in [0.717, 1.165) is 0 Å². The molecule has 2 amide bonds. The Morgan fingerprint density at radius 1 is 1.17 bits per heavy atom. The number of allylic oxidation sites excluding steroid dienone is 2. The van der Waals surface area contributed by atoms with Gasteiger partial charge < -0.3 is 46.8 Å². The number of Topliss-reactive ketones (excluding diaryl/α,β-unsaturated/α-hetero) is 1. The fourth-order valence-corrected chi connectivity index (χ4v) is 4.94. The van der Waals surface area contributed by atoms with Crippen LogP contribution in [0.1, 0.15) is 47.5 Å². The number of carbonyl (C=O) groups excluding carboxylic acids is 3. The van der Waals surface area contributed by atoms with Gasteiger partial charge in [0.25, 0.3) is 5.91 Å². The van der Waals surface area contributed by atoms with Gasteiger partial charge in [0, 0.05) is 42.9 Å². The Morgan fingerprint density at radius 3 is 2.19 bits per heavy atom. The van der Waals surface area contributed by atoms with Crippen LogP contribution in [0.2, 0.25) is 0 Å². The van der Waals surface area contributed by atoms with E-state index in [1.54, 1.807) is 38.9 Å². The van der Waals surface area contributed by atoms with Gasteiger partial charge in [-0.3, -0.25) is 19.3 Å². The van der Waals surface area contributed by atoms with Crippen molar-refractivity contribution in [1.82, 2.24) is 20.4 Å². The molecule has 0 unspecified atom stereocenters. The quantitative estimate of drug-likeness (QED) is 0.137. The number of likely N-dealkylation sites (N-methyl/N-ethyl adjacent to an activating group) is 2. The zero-order chi connectivity index (χ0) is 32.5. The van der Waals surface area contributed by atoms with Crippen molar-refractivity contribution >= 4 is 17.6 Å². The number of primary amides is 1. The van der Waals surface area contributed by atoms with E-state index in [0.29, 0.717) is 11.3 Å². The van der Waals surface area contributed by atoms with Gasteiger partial charge in [0.2, 0.25) is 5.91 Å². The fraction of sp³-hybridized carbons (Fsp3) is 0.552. The maximum absolute atomic E-state index is 12.8. The van der Waals surface area contributed by atoms with Gasteiger partial charge >= 0.3 is 0 Å². The van der Waals surface area contributed by atoms with Crippen LogP contribution in [0.15, 0.2) is 57.0 Å². The molecule has 3 atom stereocenters. The molecule has 42 heavy (non-hydrogen) atoms. The Balaban J connectivity index is 2.77. The number of amides is 2. The van der Waals surface area contributed by atoms with Crippen LogP contribution >= 0.6 is 0 Å². The van der Waals surface area contributed by atoms with Crippen LogP contribution in [-0.4, -0.2) is 111 Å². The van der Waals surface area contributed by atoms with Crippen LogP contribution in [0.4, 0.5) is 0 Å². The van der Waals surface area contributed by atoms with Gasteiger partial charge in [-0.25, -0.2) is 0 Å². The lowest BCUT2D eigenvalue weighted by Crippen LogP contribution is -2.53. The van der Waals surface area contributed by atoms with Crippen molar-refractivity contribution < 1.29 is 39.9 Å². The second-order valence-electron chi connectivity index (χ2n) is 12.0. The van der Waals surface area contributed by atoms with Crippen molar-refractivity contribution in [3.63, 3.8) is 0 Å². The number of nitrogens with zero attached hydrogens (tertiary/aromatic N) is 2. The van der Waals surface area contributed by atoms with Gasteiger partial charge in [0.05, 0.1) is 18.3 Å². The number of carbonyl (C=O) groups is 3. The minimum atomic E-state index is -2.67. The molecular formula is C29H45N5O8.